The first kappa shape index (κ1) is 29.6. The van der Waals surface area contributed by atoms with Crippen LogP contribution in [0.4, 0.5) is 4.39 Å². The molecule has 0 saturated heterocycles. The summed E-state index contributed by atoms with van der Waals surface area (Å²) >= 11 is 3.22. The van der Waals surface area contributed by atoms with E-state index in [1.165, 1.54) is 59.0 Å². The summed E-state index contributed by atoms with van der Waals surface area (Å²) in [6, 6.07) is 10.1. The van der Waals surface area contributed by atoms with Gasteiger partial charge >= 0.3 is 0 Å². The molecule has 1 unspecified atom stereocenters. The zero-order chi connectivity index (χ0) is 28.1. The Morgan fingerprint density at radius 2 is 1.34 bits per heavy atom. The van der Waals surface area contributed by atoms with Gasteiger partial charge < -0.3 is 18.9 Å². The molecule has 9 nitrogen and oxygen atoms in total. The number of benzene rings is 2. The summed E-state index contributed by atoms with van der Waals surface area (Å²) in [5.74, 6) is 1.72. The molecule has 0 fully saturated rings. The summed E-state index contributed by atoms with van der Waals surface area (Å²) in [7, 11) is 1.71. The minimum absolute atomic E-state index is 0.105. The predicted molar refractivity (Wildman–Crippen MR) is 145 cm³/mol. The fourth-order valence-electron chi connectivity index (χ4n) is 3.83. The van der Waals surface area contributed by atoms with Crippen molar-refractivity contribution in [3.05, 3.63) is 70.2 Å². The van der Waals surface area contributed by atoms with Crippen LogP contribution in [0.1, 0.15) is 30.8 Å². The van der Waals surface area contributed by atoms with E-state index in [2.05, 4.69) is 25.9 Å². The molecule has 3 rings (SSSR count). The van der Waals surface area contributed by atoms with Gasteiger partial charge in [-0.05, 0) is 41.9 Å². The average Bonchev–Trinajstić information content (AvgIpc) is 2.92. The van der Waals surface area contributed by atoms with Crippen LogP contribution >= 0.6 is 15.9 Å². The maximum Gasteiger partial charge on any atom is 0.220 e. The van der Waals surface area contributed by atoms with E-state index in [9.17, 15) is 8.42 Å². The van der Waals surface area contributed by atoms with E-state index in [1.54, 1.807) is 36.4 Å². The molecule has 0 aliphatic carbocycles. The molecule has 0 N–H and O–H groups in total. The van der Waals surface area contributed by atoms with E-state index in [0.717, 1.165) is 0 Å². The van der Waals surface area contributed by atoms with Crippen molar-refractivity contribution in [2.24, 2.45) is 0 Å². The molecule has 38 heavy (non-hydrogen) atoms. The Kier molecular flexibility index (Phi) is 9.55. The fourth-order valence-corrected chi connectivity index (χ4v) is 5.79. The molecule has 12 heteroatoms. The van der Waals surface area contributed by atoms with Crippen molar-refractivity contribution in [2.45, 2.75) is 37.9 Å². The molecule has 3 aromatic rings. The lowest BCUT2D eigenvalue weighted by atomic mass is 10.0. The average molecular weight is 613 g/mol. The maximum absolute atomic E-state index is 16.1. The summed E-state index contributed by atoms with van der Waals surface area (Å²) < 4.78 is 67.5. The van der Waals surface area contributed by atoms with E-state index in [0.29, 0.717) is 38.6 Å². The van der Waals surface area contributed by atoms with Gasteiger partial charge in [-0.25, -0.2) is 22.8 Å². The Bertz CT molecular complexity index is 1300. The van der Waals surface area contributed by atoms with Crippen LogP contribution in [0, 0.1) is 0 Å². The molecule has 1 aromatic heterocycles. The lowest BCUT2D eigenvalue weighted by Crippen LogP contribution is -2.45. The Labute approximate surface area is 231 Å². The standard InChI is InChI=1S/C26H31BrFN3O6S/c1-17(26(2,28)25-29-13-20(27)14-30-25)38(32,33)31(15-18-7-9-21(34-3)11-23(18)36-5)16-19-8-10-22(35-4)12-24(19)37-6/h7-14,17H,15-16H2,1-6H3/t17-,26?/m1/s1. The molecular formula is C26H31BrFN3O6S. The van der Waals surface area contributed by atoms with Crippen molar-refractivity contribution in [3.63, 3.8) is 0 Å². The predicted octanol–water partition coefficient (Wildman–Crippen LogP) is 4.88. The summed E-state index contributed by atoms with van der Waals surface area (Å²) in [4.78, 5) is 8.04. The number of hydrogen-bond acceptors (Lipinski definition) is 8. The molecule has 2 aromatic carbocycles. The third kappa shape index (κ3) is 6.36. The second kappa shape index (κ2) is 12.3. The third-order valence-electron chi connectivity index (χ3n) is 6.31. The molecule has 0 bridgehead atoms. The van der Waals surface area contributed by atoms with Crippen LogP contribution in [-0.4, -0.2) is 56.4 Å². The number of aromatic nitrogens is 2. The lowest BCUT2D eigenvalue weighted by Gasteiger charge is -2.32. The summed E-state index contributed by atoms with van der Waals surface area (Å²) in [6.07, 6.45) is 2.75. The lowest BCUT2D eigenvalue weighted by molar-refractivity contribution is 0.169. The molecule has 0 aliphatic rings. The smallest absolute Gasteiger partial charge is 0.220 e. The number of methoxy groups -OCH3 is 4. The monoisotopic (exact) mass is 611 g/mol. The Balaban J connectivity index is 2.08. The zero-order valence-electron chi connectivity index (χ0n) is 22.1. The van der Waals surface area contributed by atoms with Gasteiger partial charge in [0.05, 0.1) is 32.9 Å². The summed E-state index contributed by atoms with van der Waals surface area (Å²) in [5.41, 5.74) is -1.26. The van der Waals surface area contributed by atoms with Crippen molar-refractivity contribution in [1.29, 1.82) is 0 Å². The molecule has 1 heterocycles. The number of alkyl halides is 1. The first-order valence-electron chi connectivity index (χ1n) is 11.6. The fraction of sp³-hybridized carbons (Fsp3) is 0.385. The van der Waals surface area contributed by atoms with Crippen molar-refractivity contribution < 1.29 is 31.8 Å². The zero-order valence-corrected chi connectivity index (χ0v) is 24.5. The van der Waals surface area contributed by atoms with Crippen molar-refractivity contribution in [2.75, 3.05) is 28.4 Å². The van der Waals surface area contributed by atoms with E-state index < -0.39 is 20.9 Å². The second-order valence-corrected chi connectivity index (χ2v) is 11.8. The number of rotatable bonds is 12. The van der Waals surface area contributed by atoms with Crippen LogP contribution in [0.3, 0.4) is 0 Å². The molecule has 2 atom stereocenters. The Morgan fingerprint density at radius 3 is 1.74 bits per heavy atom. The number of sulfonamides is 1. The quantitative estimate of drug-likeness (QED) is 0.286. The number of nitrogens with zero attached hydrogens (tertiary/aromatic N) is 3. The molecule has 0 radical (unpaired) electrons. The highest BCUT2D eigenvalue weighted by Crippen LogP contribution is 2.36. The van der Waals surface area contributed by atoms with Crippen LogP contribution < -0.4 is 18.9 Å². The van der Waals surface area contributed by atoms with Crippen LogP contribution in [0.15, 0.2) is 53.3 Å². The molecule has 0 aliphatic heterocycles. The van der Waals surface area contributed by atoms with E-state index in [-0.39, 0.29) is 18.9 Å². The van der Waals surface area contributed by atoms with E-state index >= 15 is 4.39 Å². The van der Waals surface area contributed by atoms with Crippen LogP contribution in [0.2, 0.25) is 0 Å². The van der Waals surface area contributed by atoms with Gasteiger partial charge in [0.1, 0.15) is 28.2 Å². The number of halogens is 2. The SMILES string of the molecule is COc1ccc(CN(Cc2ccc(OC)cc2OC)S(=O)(=O)[C@H](C)C(C)(F)c2ncc(Br)cn2)c(OC)c1. The van der Waals surface area contributed by atoms with Gasteiger partial charge in [0.2, 0.25) is 10.0 Å². The first-order valence-corrected chi connectivity index (χ1v) is 13.8. The normalized spacial score (nSPS) is 14.0. The summed E-state index contributed by atoms with van der Waals surface area (Å²) in [5, 5.41) is -1.54. The van der Waals surface area contributed by atoms with Crippen LogP contribution in [0.25, 0.3) is 0 Å². The van der Waals surface area contributed by atoms with Gasteiger partial charge in [0, 0.05) is 48.7 Å². The molecule has 0 amide bonds. The highest BCUT2D eigenvalue weighted by molar-refractivity contribution is 9.10. The van der Waals surface area contributed by atoms with Crippen molar-refractivity contribution in [1.82, 2.24) is 14.3 Å². The van der Waals surface area contributed by atoms with Crippen LogP contribution in [0.5, 0.6) is 23.0 Å². The minimum Gasteiger partial charge on any atom is -0.497 e. The van der Waals surface area contributed by atoms with Gasteiger partial charge in [0.15, 0.2) is 11.5 Å². The molecular weight excluding hydrogens is 581 g/mol. The number of ether oxygens (including phenoxy) is 4. The first-order chi connectivity index (χ1) is 18.0. The van der Waals surface area contributed by atoms with Gasteiger partial charge in [-0.2, -0.15) is 4.31 Å². The van der Waals surface area contributed by atoms with Gasteiger partial charge in [-0.1, -0.05) is 12.1 Å². The summed E-state index contributed by atoms with van der Waals surface area (Å²) in [6.45, 7) is 2.27. The van der Waals surface area contributed by atoms with E-state index in [1.807, 2.05) is 0 Å². The topological polar surface area (TPSA) is 100 Å². The minimum atomic E-state index is -4.30. The molecule has 0 spiro atoms. The Morgan fingerprint density at radius 1 is 0.895 bits per heavy atom. The van der Waals surface area contributed by atoms with Gasteiger partial charge in [-0.3, -0.25) is 0 Å². The van der Waals surface area contributed by atoms with Crippen molar-refractivity contribution >= 4 is 26.0 Å². The van der Waals surface area contributed by atoms with Crippen LogP contribution in [-0.2, 0) is 28.8 Å². The highest BCUT2D eigenvalue weighted by Gasteiger charge is 2.46. The van der Waals surface area contributed by atoms with Crippen molar-refractivity contribution in [3.8, 4) is 23.0 Å². The number of hydrogen-bond donors (Lipinski definition) is 0. The third-order valence-corrected chi connectivity index (χ3v) is 9.03. The molecule has 0 saturated carbocycles. The Hall–Kier alpha value is -2.96. The molecule has 206 valence electrons. The van der Waals surface area contributed by atoms with Gasteiger partial charge in [-0.15, -0.1) is 0 Å². The van der Waals surface area contributed by atoms with E-state index in [4.69, 9.17) is 18.9 Å². The highest BCUT2D eigenvalue weighted by atomic mass is 79.9. The second-order valence-electron chi connectivity index (χ2n) is 8.61. The van der Waals surface area contributed by atoms with Gasteiger partial charge in [0.25, 0.3) is 0 Å². The largest absolute Gasteiger partial charge is 0.497 e. The maximum atomic E-state index is 16.1.